The molecule has 242 valence electrons. The minimum atomic E-state index is -4.43. The molecule has 0 bridgehead atoms. The summed E-state index contributed by atoms with van der Waals surface area (Å²) < 4.78 is 63.2. The highest BCUT2D eigenvalue weighted by Crippen LogP contribution is 2.30. The van der Waals surface area contributed by atoms with E-state index in [2.05, 4.69) is 10.1 Å². The Morgan fingerprint density at radius 3 is 2.28 bits per heavy atom. The first kappa shape index (κ1) is 34.0. The number of carbonyl (C=O) groups excluding carboxylic acids is 2. The molecule has 0 atom stereocenters. The lowest BCUT2D eigenvalue weighted by atomic mass is 10.1. The van der Waals surface area contributed by atoms with E-state index in [1.807, 2.05) is 0 Å². The van der Waals surface area contributed by atoms with Gasteiger partial charge < -0.3 is 14.2 Å². The van der Waals surface area contributed by atoms with Gasteiger partial charge in [0.05, 0.1) is 11.3 Å². The molecule has 0 saturated heterocycles. The van der Waals surface area contributed by atoms with Gasteiger partial charge in [0.15, 0.2) is 12.1 Å². The maximum Gasteiger partial charge on any atom is 0.416 e. The normalized spacial score (nSPS) is 12.2. The lowest BCUT2D eigenvalue weighted by molar-refractivity contribution is -0.155. The molecule has 1 aromatic heterocycles. The first-order chi connectivity index (χ1) is 21.7. The largest absolute Gasteiger partial charge is 0.460 e. The Bertz CT molecular complexity index is 1680. The van der Waals surface area contributed by atoms with Gasteiger partial charge in [-0.3, -0.25) is 9.59 Å². The van der Waals surface area contributed by atoms with Gasteiger partial charge in [0, 0.05) is 43.1 Å². The number of hydrogen-bond acceptors (Lipinski definition) is 7. The maximum absolute atomic E-state index is 13.6. The van der Waals surface area contributed by atoms with E-state index in [9.17, 15) is 27.2 Å². The van der Waals surface area contributed by atoms with Crippen LogP contribution in [-0.4, -0.2) is 40.9 Å². The fourth-order valence-electron chi connectivity index (χ4n) is 4.51. The van der Waals surface area contributed by atoms with Crippen LogP contribution in [0, 0.1) is 5.82 Å². The third-order valence-corrected chi connectivity index (χ3v) is 6.82. The predicted molar refractivity (Wildman–Crippen MR) is 166 cm³/mol. The molecule has 4 aromatic rings. The summed E-state index contributed by atoms with van der Waals surface area (Å²) in [4.78, 5) is 35.2. The quantitative estimate of drug-likeness (QED) is 0.0407. The number of aliphatic imine (C=N–C) groups is 1. The number of halogens is 4. The minimum absolute atomic E-state index is 0.140. The Labute approximate surface area is 264 Å². The lowest BCUT2D eigenvalue weighted by Crippen LogP contribution is -2.26. The van der Waals surface area contributed by atoms with Gasteiger partial charge in [-0.25, -0.2) is 9.38 Å². The molecule has 0 fully saturated rings. The molecule has 0 unspecified atom stereocenters. The second-order valence-corrected chi connectivity index (χ2v) is 11.6. The van der Waals surface area contributed by atoms with Crippen molar-refractivity contribution in [2.45, 2.75) is 64.7 Å². The molecular weight excluding hydrogens is 604 g/mol. The van der Waals surface area contributed by atoms with Gasteiger partial charge in [-0.1, -0.05) is 17.3 Å². The third kappa shape index (κ3) is 9.56. The number of esters is 1. The van der Waals surface area contributed by atoms with Crippen molar-refractivity contribution in [2.24, 2.45) is 4.99 Å². The van der Waals surface area contributed by atoms with Crippen LogP contribution in [-0.2, 0) is 22.1 Å². The Morgan fingerprint density at radius 1 is 0.978 bits per heavy atom. The van der Waals surface area contributed by atoms with E-state index < -0.39 is 17.3 Å². The molecule has 4 rings (SSSR count). The Balaban J connectivity index is 1.57. The van der Waals surface area contributed by atoms with Crippen molar-refractivity contribution in [3.05, 3.63) is 95.1 Å². The Hall–Kier alpha value is -4.87. The second kappa shape index (κ2) is 14.5. The molecule has 12 heteroatoms. The predicted octanol–water partition coefficient (Wildman–Crippen LogP) is 8.37. The van der Waals surface area contributed by atoms with Crippen molar-refractivity contribution < 1.29 is 36.4 Å². The van der Waals surface area contributed by atoms with Crippen LogP contribution >= 0.6 is 0 Å². The summed E-state index contributed by atoms with van der Waals surface area (Å²) in [5, 5.41) is 3.96. The number of unbranched alkanes of at least 4 members (excludes halogenated alkanes) is 1. The van der Waals surface area contributed by atoms with Gasteiger partial charge in [-0.2, -0.15) is 18.2 Å². The van der Waals surface area contributed by atoms with E-state index in [1.165, 1.54) is 24.3 Å². The summed E-state index contributed by atoms with van der Waals surface area (Å²) in [7, 11) is 1.77. The summed E-state index contributed by atoms with van der Waals surface area (Å²) in [6.07, 6.45) is -1.84. The smallest absolute Gasteiger partial charge is 0.416 e. The molecule has 1 heterocycles. The topological polar surface area (TPSA) is 97.9 Å². The van der Waals surface area contributed by atoms with E-state index in [-0.39, 0.29) is 36.3 Å². The minimum Gasteiger partial charge on any atom is -0.460 e. The van der Waals surface area contributed by atoms with Crippen LogP contribution in [0.25, 0.3) is 11.5 Å². The zero-order valence-electron chi connectivity index (χ0n) is 25.9. The van der Waals surface area contributed by atoms with Crippen molar-refractivity contribution in [3.63, 3.8) is 0 Å². The number of ether oxygens (including phenoxy) is 1. The van der Waals surface area contributed by atoms with Gasteiger partial charge in [0.1, 0.15) is 17.3 Å². The number of hydrogen-bond donors (Lipinski definition) is 0. The number of aldehydes is 1. The van der Waals surface area contributed by atoms with Crippen LogP contribution in [0.2, 0.25) is 0 Å². The van der Waals surface area contributed by atoms with E-state index >= 15 is 0 Å². The fraction of sp³-hybridized carbons (Fsp3) is 0.324. The molecule has 46 heavy (non-hydrogen) atoms. The molecule has 0 amide bonds. The number of benzene rings is 3. The highest BCUT2D eigenvalue weighted by atomic mass is 19.4. The summed E-state index contributed by atoms with van der Waals surface area (Å²) in [5.41, 5.74) is 1.01. The van der Waals surface area contributed by atoms with Crippen molar-refractivity contribution in [1.82, 2.24) is 10.1 Å². The average Bonchev–Trinajstić information content (AvgIpc) is 3.46. The van der Waals surface area contributed by atoms with Crippen LogP contribution in [0.1, 0.15) is 73.8 Å². The van der Waals surface area contributed by atoms with E-state index in [0.717, 1.165) is 12.1 Å². The van der Waals surface area contributed by atoms with Gasteiger partial charge in [0.25, 0.3) is 5.89 Å². The zero-order valence-corrected chi connectivity index (χ0v) is 25.9. The molecule has 0 aliphatic carbocycles. The van der Waals surface area contributed by atoms with Crippen molar-refractivity contribution in [3.8, 4) is 11.5 Å². The highest BCUT2D eigenvalue weighted by molar-refractivity contribution is 6.00. The number of anilines is 1. The van der Waals surface area contributed by atoms with Crippen LogP contribution < -0.4 is 4.90 Å². The lowest BCUT2D eigenvalue weighted by Gasteiger charge is -2.22. The van der Waals surface area contributed by atoms with E-state index in [4.69, 9.17) is 14.3 Å². The van der Waals surface area contributed by atoms with Gasteiger partial charge in [-0.05, 0) is 93.8 Å². The van der Waals surface area contributed by atoms with Crippen molar-refractivity contribution >= 4 is 29.5 Å². The number of nitrogens with zero attached hydrogens (tertiary/aromatic N) is 4. The van der Waals surface area contributed by atoms with Gasteiger partial charge in [-0.15, -0.1) is 0 Å². The summed E-state index contributed by atoms with van der Waals surface area (Å²) >= 11 is 0. The Kier molecular flexibility index (Phi) is 10.7. The molecule has 0 radical (unpaired) electrons. The standard InChI is InChI=1S/C34H34F4N4O4/c1-33(2,3)45-31(44)8-6-5-7-30(42(4)27-17-15-26(35)16-18-27)39-28-20-23(11-12-24(28)21-43)32-40-29(41-46-32)19-22-9-13-25(14-10-22)34(36,37)38/h9-18,20-21H,5-8,19H2,1-4H3/b39-30-. The number of amidine groups is 1. The summed E-state index contributed by atoms with van der Waals surface area (Å²) in [6.45, 7) is 5.42. The molecule has 0 aliphatic rings. The SMILES string of the molecule is CN(/C(CCCCC(=O)OC(C)(C)C)=N\c1cc(-c2nc(Cc3ccc(C(F)(F)F)cc3)no2)ccc1C=O)c1ccc(F)cc1. The molecule has 3 aromatic carbocycles. The molecule has 8 nitrogen and oxygen atoms in total. The van der Waals surface area contributed by atoms with Crippen LogP contribution in [0.15, 0.2) is 76.2 Å². The van der Waals surface area contributed by atoms with E-state index in [1.54, 1.807) is 63.1 Å². The van der Waals surface area contributed by atoms with Crippen molar-refractivity contribution in [2.75, 3.05) is 11.9 Å². The number of alkyl halides is 3. The molecule has 0 saturated carbocycles. The third-order valence-electron chi connectivity index (χ3n) is 6.82. The van der Waals surface area contributed by atoms with Crippen molar-refractivity contribution in [1.29, 1.82) is 0 Å². The maximum atomic E-state index is 13.6. The van der Waals surface area contributed by atoms with Crippen LogP contribution in [0.3, 0.4) is 0 Å². The number of carbonyl (C=O) groups is 2. The van der Waals surface area contributed by atoms with Crippen LogP contribution in [0.4, 0.5) is 28.9 Å². The second-order valence-electron chi connectivity index (χ2n) is 11.6. The van der Waals surface area contributed by atoms with E-state index in [0.29, 0.717) is 59.4 Å². The highest BCUT2D eigenvalue weighted by Gasteiger charge is 2.30. The van der Waals surface area contributed by atoms with Gasteiger partial charge >= 0.3 is 12.1 Å². The molecule has 0 spiro atoms. The summed E-state index contributed by atoms with van der Waals surface area (Å²) in [5.74, 6) is 0.277. The zero-order chi connectivity index (χ0) is 33.5. The molecular formula is C34H34F4N4O4. The summed E-state index contributed by atoms with van der Waals surface area (Å²) in [6, 6.07) is 15.4. The first-order valence-corrected chi connectivity index (χ1v) is 14.6. The first-order valence-electron chi connectivity index (χ1n) is 14.6. The monoisotopic (exact) mass is 638 g/mol. The average molecular weight is 639 g/mol. The van der Waals surface area contributed by atoms with Crippen LogP contribution in [0.5, 0.6) is 0 Å². The molecule has 0 aliphatic heterocycles. The number of aromatic nitrogens is 2. The fourth-order valence-corrected chi connectivity index (χ4v) is 4.51. The molecule has 0 N–H and O–H groups in total. The van der Waals surface area contributed by atoms with Gasteiger partial charge in [0.2, 0.25) is 0 Å². The number of rotatable bonds is 11. The Morgan fingerprint density at radius 2 is 1.65 bits per heavy atom.